The zero-order valence-electron chi connectivity index (χ0n) is 10.8. The van der Waals surface area contributed by atoms with Gasteiger partial charge in [0, 0.05) is 0 Å². The Bertz CT molecular complexity index is 666. The summed E-state index contributed by atoms with van der Waals surface area (Å²) in [5.41, 5.74) is 1.19. The van der Waals surface area contributed by atoms with Gasteiger partial charge in [-0.05, 0) is 12.1 Å². The van der Waals surface area contributed by atoms with E-state index in [2.05, 4.69) is 4.98 Å². The number of fused-ring (bicyclic) bond motifs is 1. The molecule has 2 aromatic rings. The number of imidazole rings is 1. The van der Waals surface area contributed by atoms with Gasteiger partial charge in [0.1, 0.15) is 12.2 Å². The standard InChI is InChI=1S/C13H13Cl2FN2O3/c14-6-1-8-9(2-7(6)15)18(5-17-8)10-4-21-11(3-19)13(20)12(10)16/h1-2,5,10-13,19-20H,3-4H2/t10-,11-,12+,13-/m1/s1. The second-order valence-corrected chi connectivity index (χ2v) is 5.78. The van der Waals surface area contributed by atoms with E-state index in [4.69, 9.17) is 33.0 Å². The minimum atomic E-state index is -1.58. The number of alkyl halides is 1. The summed E-state index contributed by atoms with van der Waals surface area (Å²) in [6.45, 7) is -0.407. The average Bonchev–Trinajstić information content (AvgIpc) is 2.85. The molecule has 4 atom stereocenters. The van der Waals surface area contributed by atoms with Gasteiger partial charge < -0.3 is 19.5 Å². The van der Waals surface area contributed by atoms with E-state index in [0.29, 0.717) is 21.1 Å². The lowest BCUT2D eigenvalue weighted by atomic mass is 9.99. The lowest BCUT2D eigenvalue weighted by molar-refractivity contribution is -0.148. The predicted octanol–water partition coefficient (Wildman–Crippen LogP) is 1.97. The summed E-state index contributed by atoms with van der Waals surface area (Å²) in [6.07, 6.45) is -2.43. The third-order valence-corrected chi connectivity index (χ3v) is 4.43. The van der Waals surface area contributed by atoms with E-state index in [1.54, 1.807) is 16.7 Å². The van der Waals surface area contributed by atoms with E-state index < -0.39 is 31.0 Å². The third-order valence-electron chi connectivity index (χ3n) is 3.71. The first-order valence-corrected chi connectivity index (χ1v) is 7.14. The fraction of sp³-hybridized carbons (Fsp3) is 0.462. The molecule has 2 heterocycles. The topological polar surface area (TPSA) is 67.5 Å². The molecule has 1 aliphatic rings. The molecule has 0 spiro atoms. The maximum absolute atomic E-state index is 14.4. The number of halogens is 3. The number of aliphatic hydroxyl groups is 2. The van der Waals surface area contributed by atoms with Crippen LogP contribution in [-0.4, -0.2) is 51.4 Å². The molecule has 0 aliphatic carbocycles. The van der Waals surface area contributed by atoms with Crippen molar-refractivity contribution in [1.82, 2.24) is 9.55 Å². The van der Waals surface area contributed by atoms with Gasteiger partial charge in [-0.2, -0.15) is 0 Å². The van der Waals surface area contributed by atoms with Crippen molar-refractivity contribution in [2.45, 2.75) is 24.4 Å². The first-order valence-electron chi connectivity index (χ1n) is 6.39. The molecule has 21 heavy (non-hydrogen) atoms. The van der Waals surface area contributed by atoms with Crippen LogP contribution < -0.4 is 0 Å². The molecule has 0 amide bonds. The van der Waals surface area contributed by atoms with Gasteiger partial charge in [-0.3, -0.25) is 0 Å². The maximum atomic E-state index is 14.4. The molecular weight excluding hydrogens is 322 g/mol. The highest BCUT2D eigenvalue weighted by molar-refractivity contribution is 6.42. The number of aromatic nitrogens is 2. The molecule has 0 saturated carbocycles. The highest BCUT2D eigenvalue weighted by atomic mass is 35.5. The largest absolute Gasteiger partial charge is 0.394 e. The summed E-state index contributed by atoms with van der Waals surface area (Å²) >= 11 is 11.9. The Hall–Kier alpha value is -0.920. The number of benzene rings is 1. The molecule has 0 bridgehead atoms. The van der Waals surface area contributed by atoms with Crippen molar-refractivity contribution < 1.29 is 19.3 Å². The zero-order chi connectivity index (χ0) is 15.1. The number of rotatable bonds is 2. The summed E-state index contributed by atoms with van der Waals surface area (Å²) in [7, 11) is 0. The highest BCUT2D eigenvalue weighted by Crippen LogP contribution is 2.33. The van der Waals surface area contributed by atoms with Crippen molar-refractivity contribution >= 4 is 34.2 Å². The molecule has 8 heteroatoms. The van der Waals surface area contributed by atoms with E-state index in [0.717, 1.165) is 0 Å². The average molecular weight is 335 g/mol. The molecule has 114 valence electrons. The first-order chi connectivity index (χ1) is 10.0. The molecule has 1 aromatic heterocycles. The molecule has 2 N–H and O–H groups in total. The van der Waals surface area contributed by atoms with Crippen LogP contribution in [0.4, 0.5) is 4.39 Å². The summed E-state index contributed by atoms with van der Waals surface area (Å²) in [5.74, 6) is 0. The fourth-order valence-electron chi connectivity index (χ4n) is 2.53. The number of hydrogen-bond donors (Lipinski definition) is 2. The van der Waals surface area contributed by atoms with Gasteiger partial charge in [-0.25, -0.2) is 9.37 Å². The van der Waals surface area contributed by atoms with Gasteiger partial charge in [0.15, 0.2) is 6.17 Å². The van der Waals surface area contributed by atoms with Gasteiger partial charge >= 0.3 is 0 Å². The quantitative estimate of drug-likeness (QED) is 0.881. The van der Waals surface area contributed by atoms with Gasteiger partial charge in [0.05, 0.1) is 46.7 Å². The highest BCUT2D eigenvalue weighted by Gasteiger charge is 2.40. The van der Waals surface area contributed by atoms with Crippen LogP contribution >= 0.6 is 23.2 Å². The van der Waals surface area contributed by atoms with Crippen molar-refractivity contribution in [3.63, 3.8) is 0 Å². The van der Waals surface area contributed by atoms with Crippen LogP contribution in [0.1, 0.15) is 6.04 Å². The van der Waals surface area contributed by atoms with Crippen LogP contribution in [0, 0.1) is 0 Å². The minimum Gasteiger partial charge on any atom is -0.394 e. The van der Waals surface area contributed by atoms with Crippen LogP contribution in [0.5, 0.6) is 0 Å². The van der Waals surface area contributed by atoms with Crippen molar-refractivity contribution in [2.75, 3.05) is 13.2 Å². The molecule has 0 radical (unpaired) electrons. The second-order valence-electron chi connectivity index (χ2n) is 4.96. The Labute approximate surface area is 129 Å². The summed E-state index contributed by atoms with van der Waals surface area (Å²) in [4.78, 5) is 4.16. The summed E-state index contributed by atoms with van der Waals surface area (Å²) < 4.78 is 21.3. The van der Waals surface area contributed by atoms with Crippen LogP contribution in [0.15, 0.2) is 18.5 Å². The van der Waals surface area contributed by atoms with E-state index in [-0.39, 0.29) is 6.61 Å². The van der Waals surface area contributed by atoms with Crippen molar-refractivity contribution in [1.29, 1.82) is 0 Å². The van der Waals surface area contributed by atoms with E-state index >= 15 is 0 Å². The molecule has 1 aliphatic heterocycles. The van der Waals surface area contributed by atoms with Gasteiger partial charge in [0.2, 0.25) is 0 Å². The van der Waals surface area contributed by atoms with Crippen LogP contribution in [0.3, 0.4) is 0 Å². The molecule has 1 fully saturated rings. The van der Waals surface area contributed by atoms with Crippen LogP contribution in [-0.2, 0) is 4.74 Å². The van der Waals surface area contributed by atoms with E-state index in [1.807, 2.05) is 0 Å². The Morgan fingerprint density at radius 2 is 2.10 bits per heavy atom. The monoisotopic (exact) mass is 334 g/mol. The number of nitrogens with zero attached hydrogens (tertiary/aromatic N) is 2. The molecule has 1 aromatic carbocycles. The second kappa shape index (κ2) is 5.70. The Morgan fingerprint density at radius 1 is 1.38 bits per heavy atom. The predicted molar refractivity (Wildman–Crippen MR) is 76.5 cm³/mol. The maximum Gasteiger partial charge on any atom is 0.151 e. The van der Waals surface area contributed by atoms with Gasteiger partial charge in [-0.15, -0.1) is 0 Å². The SMILES string of the molecule is OC[C@H]1OC[C@@H](n2cnc3cc(Cl)c(Cl)cc32)[C@H](F)[C@@H]1O. The van der Waals surface area contributed by atoms with Crippen molar-refractivity contribution in [3.05, 3.63) is 28.5 Å². The van der Waals surface area contributed by atoms with Gasteiger partial charge in [0.25, 0.3) is 0 Å². The smallest absolute Gasteiger partial charge is 0.151 e. The Morgan fingerprint density at radius 3 is 2.81 bits per heavy atom. The normalized spacial score (nSPS) is 30.0. The molecule has 0 unspecified atom stereocenters. The van der Waals surface area contributed by atoms with Crippen LogP contribution in [0.25, 0.3) is 11.0 Å². The molecule has 1 saturated heterocycles. The number of ether oxygens (including phenoxy) is 1. The summed E-state index contributed by atoms with van der Waals surface area (Å²) in [6, 6.07) is 2.45. The minimum absolute atomic E-state index is 0.0230. The van der Waals surface area contributed by atoms with Gasteiger partial charge in [-0.1, -0.05) is 23.2 Å². The lowest BCUT2D eigenvalue weighted by Crippen LogP contribution is -2.49. The number of hydrogen-bond acceptors (Lipinski definition) is 4. The summed E-state index contributed by atoms with van der Waals surface area (Å²) in [5, 5.41) is 19.6. The molecular formula is C13H13Cl2FN2O3. The van der Waals surface area contributed by atoms with E-state index in [1.165, 1.54) is 6.33 Å². The van der Waals surface area contributed by atoms with Crippen LogP contribution in [0.2, 0.25) is 10.0 Å². The fourth-order valence-corrected chi connectivity index (χ4v) is 2.84. The Balaban J connectivity index is 1.99. The zero-order valence-corrected chi connectivity index (χ0v) is 12.3. The van der Waals surface area contributed by atoms with Crippen molar-refractivity contribution in [2.24, 2.45) is 0 Å². The molecule has 3 rings (SSSR count). The lowest BCUT2D eigenvalue weighted by Gasteiger charge is -2.36. The number of aliphatic hydroxyl groups excluding tert-OH is 2. The first kappa shape index (κ1) is 15.0. The van der Waals surface area contributed by atoms with E-state index in [9.17, 15) is 9.50 Å². The van der Waals surface area contributed by atoms with Crippen molar-refractivity contribution in [3.8, 4) is 0 Å². The molecule has 5 nitrogen and oxygen atoms in total. The third kappa shape index (κ3) is 2.51. The Kier molecular flexibility index (Phi) is 4.07.